The standard InChI is InChI=1S/C14H24N2O2/c1-3-6-16(12-4-5-12)13(17)15(2)9-14-7-11(14)8-18-10-14/h11-12H,3-10H2,1-2H3. The van der Waals surface area contributed by atoms with E-state index in [1.54, 1.807) is 0 Å². The number of urea groups is 1. The SMILES string of the molecule is CCCN(C(=O)N(C)CC12COCC1C2)C1CC1. The van der Waals surface area contributed by atoms with Gasteiger partial charge in [-0.1, -0.05) is 6.92 Å². The van der Waals surface area contributed by atoms with Crippen molar-refractivity contribution in [3.8, 4) is 0 Å². The van der Waals surface area contributed by atoms with Gasteiger partial charge in [0.2, 0.25) is 0 Å². The molecule has 4 heteroatoms. The molecule has 1 aliphatic heterocycles. The van der Waals surface area contributed by atoms with Crippen molar-refractivity contribution in [2.24, 2.45) is 11.3 Å². The molecule has 0 aromatic heterocycles. The van der Waals surface area contributed by atoms with Crippen molar-refractivity contribution in [1.29, 1.82) is 0 Å². The van der Waals surface area contributed by atoms with Gasteiger partial charge in [0.25, 0.3) is 0 Å². The Kier molecular flexibility index (Phi) is 3.00. The van der Waals surface area contributed by atoms with Gasteiger partial charge in [-0.2, -0.15) is 0 Å². The third-order valence-corrected chi connectivity index (χ3v) is 4.64. The first kappa shape index (κ1) is 12.3. The molecule has 102 valence electrons. The van der Waals surface area contributed by atoms with Crippen LogP contribution in [0.25, 0.3) is 0 Å². The summed E-state index contributed by atoms with van der Waals surface area (Å²) in [6.07, 6.45) is 4.68. The third-order valence-electron chi connectivity index (χ3n) is 4.64. The van der Waals surface area contributed by atoms with Gasteiger partial charge in [-0.15, -0.1) is 0 Å². The Hall–Kier alpha value is -0.770. The largest absolute Gasteiger partial charge is 0.380 e. The van der Waals surface area contributed by atoms with Crippen LogP contribution < -0.4 is 0 Å². The quantitative estimate of drug-likeness (QED) is 0.749. The lowest BCUT2D eigenvalue weighted by atomic mass is 10.1. The van der Waals surface area contributed by atoms with E-state index in [0.717, 1.165) is 32.7 Å². The zero-order valence-electron chi connectivity index (χ0n) is 11.5. The van der Waals surface area contributed by atoms with Crippen LogP contribution in [-0.4, -0.2) is 55.2 Å². The van der Waals surface area contributed by atoms with E-state index in [2.05, 4.69) is 11.8 Å². The highest BCUT2D eigenvalue weighted by Crippen LogP contribution is 2.57. The van der Waals surface area contributed by atoms with Crippen molar-refractivity contribution < 1.29 is 9.53 Å². The number of ether oxygens (including phenoxy) is 1. The molecule has 0 spiro atoms. The highest BCUT2D eigenvalue weighted by molar-refractivity contribution is 5.75. The molecule has 0 aromatic rings. The fourth-order valence-corrected chi connectivity index (χ4v) is 3.31. The van der Waals surface area contributed by atoms with E-state index in [9.17, 15) is 4.79 Å². The highest BCUT2D eigenvalue weighted by Gasteiger charge is 2.59. The van der Waals surface area contributed by atoms with Gasteiger partial charge in [0, 0.05) is 31.6 Å². The molecule has 0 aromatic carbocycles. The van der Waals surface area contributed by atoms with E-state index in [1.807, 2.05) is 11.9 Å². The first-order valence-corrected chi connectivity index (χ1v) is 7.26. The van der Waals surface area contributed by atoms with Gasteiger partial charge in [-0.05, 0) is 31.6 Å². The minimum atomic E-state index is 0.228. The van der Waals surface area contributed by atoms with E-state index >= 15 is 0 Å². The second-order valence-electron chi connectivity index (χ2n) is 6.34. The van der Waals surface area contributed by atoms with E-state index in [1.165, 1.54) is 19.3 Å². The summed E-state index contributed by atoms with van der Waals surface area (Å²) >= 11 is 0. The Labute approximate surface area is 109 Å². The van der Waals surface area contributed by atoms with Crippen LogP contribution in [0.1, 0.15) is 32.6 Å². The van der Waals surface area contributed by atoms with Crippen molar-refractivity contribution in [1.82, 2.24) is 9.80 Å². The molecule has 2 saturated carbocycles. The summed E-state index contributed by atoms with van der Waals surface area (Å²) in [6, 6.07) is 0.749. The summed E-state index contributed by atoms with van der Waals surface area (Å²) in [7, 11) is 1.95. The molecule has 1 heterocycles. The van der Waals surface area contributed by atoms with Crippen molar-refractivity contribution in [2.45, 2.75) is 38.6 Å². The molecule has 18 heavy (non-hydrogen) atoms. The number of hydrogen-bond donors (Lipinski definition) is 0. The maximum atomic E-state index is 12.5. The summed E-state index contributed by atoms with van der Waals surface area (Å²) in [4.78, 5) is 16.5. The molecule has 4 nitrogen and oxygen atoms in total. The van der Waals surface area contributed by atoms with E-state index in [4.69, 9.17) is 4.74 Å². The second-order valence-corrected chi connectivity index (χ2v) is 6.34. The molecule has 3 rings (SSSR count). The lowest BCUT2D eigenvalue weighted by Gasteiger charge is -2.30. The van der Waals surface area contributed by atoms with E-state index < -0.39 is 0 Å². The van der Waals surface area contributed by atoms with Crippen LogP contribution in [0.2, 0.25) is 0 Å². The number of hydrogen-bond acceptors (Lipinski definition) is 2. The van der Waals surface area contributed by atoms with Gasteiger partial charge in [0.15, 0.2) is 0 Å². The smallest absolute Gasteiger partial charge is 0.320 e. The van der Waals surface area contributed by atoms with Crippen LogP contribution in [0.15, 0.2) is 0 Å². The number of carbonyl (C=O) groups excluding carboxylic acids is 1. The Balaban J connectivity index is 1.57. The van der Waals surface area contributed by atoms with Crippen LogP contribution in [0, 0.1) is 11.3 Å². The van der Waals surface area contributed by atoms with Gasteiger partial charge >= 0.3 is 6.03 Å². The predicted molar refractivity (Wildman–Crippen MR) is 69.4 cm³/mol. The van der Waals surface area contributed by atoms with Crippen molar-refractivity contribution >= 4 is 6.03 Å². The lowest BCUT2D eigenvalue weighted by molar-refractivity contribution is 0.123. The molecular formula is C14H24N2O2. The van der Waals surface area contributed by atoms with Crippen LogP contribution in [0.4, 0.5) is 4.79 Å². The Morgan fingerprint density at radius 3 is 2.72 bits per heavy atom. The lowest BCUT2D eigenvalue weighted by Crippen LogP contribution is -2.45. The summed E-state index contributed by atoms with van der Waals surface area (Å²) in [6.45, 7) is 5.68. The summed E-state index contributed by atoms with van der Waals surface area (Å²) < 4.78 is 5.51. The Morgan fingerprint density at radius 1 is 1.44 bits per heavy atom. The normalized spacial score (nSPS) is 33.1. The predicted octanol–water partition coefficient (Wildman–Crippen LogP) is 1.95. The first-order valence-electron chi connectivity index (χ1n) is 7.26. The third kappa shape index (κ3) is 2.11. The summed E-state index contributed by atoms with van der Waals surface area (Å²) in [5.41, 5.74) is 0.311. The van der Waals surface area contributed by atoms with Gasteiger partial charge < -0.3 is 14.5 Å². The van der Waals surface area contributed by atoms with Crippen molar-refractivity contribution in [3.63, 3.8) is 0 Å². The van der Waals surface area contributed by atoms with Crippen molar-refractivity contribution in [3.05, 3.63) is 0 Å². The van der Waals surface area contributed by atoms with Gasteiger partial charge in [-0.25, -0.2) is 4.79 Å². The minimum absolute atomic E-state index is 0.228. The first-order chi connectivity index (χ1) is 8.66. The Bertz CT molecular complexity index is 343. The monoisotopic (exact) mass is 252 g/mol. The molecule has 0 N–H and O–H groups in total. The summed E-state index contributed by atoms with van der Waals surface area (Å²) in [5, 5.41) is 0. The molecular weight excluding hydrogens is 228 g/mol. The van der Waals surface area contributed by atoms with Crippen LogP contribution in [-0.2, 0) is 4.74 Å². The van der Waals surface area contributed by atoms with Crippen LogP contribution >= 0.6 is 0 Å². The molecule has 2 amide bonds. The zero-order chi connectivity index (χ0) is 12.8. The van der Waals surface area contributed by atoms with Gasteiger partial charge in [0.1, 0.15) is 0 Å². The molecule has 2 aliphatic carbocycles. The molecule has 0 bridgehead atoms. The number of amides is 2. The maximum absolute atomic E-state index is 12.5. The van der Waals surface area contributed by atoms with E-state index in [-0.39, 0.29) is 6.03 Å². The maximum Gasteiger partial charge on any atom is 0.320 e. The average Bonchev–Trinajstić information content (AvgIpc) is 3.26. The molecule has 2 unspecified atom stereocenters. The van der Waals surface area contributed by atoms with E-state index in [0.29, 0.717) is 17.4 Å². The molecule has 0 radical (unpaired) electrons. The number of carbonyl (C=O) groups is 1. The fourth-order valence-electron chi connectivity index (χ4n) is 3.31. The molecule has 3 fully saturated rings. The number of rotatable bonds is 5. The molecule has 2 atom stereocenters. The minimum Gasteiger partial charge on any atom is -0.380 e. The molecule has 1 saturated heterocycles. The van der Waals surface area contributed by atoms with Gasteiger partial charge in [0.05, 0.1) is 13.2 Å². The van der Waals surface area contributed by atoms with Crippen molar-refractivity contribution in [2.75, 3.05) is 33.4 Å². The number of fused-ring (bicyclic) bond motifs is 1. The average molecular weight is 252 g/mol. The fraction of sp³-hybridized carbons (Fsp3) is 0.929. The van der Waals surface area contributed by atoms with Crippen LogP contribution in [0.3, 0.4) is 0 Å². The second kappa shape index (κ2) is 4.41. The summed E-state index contributed by atoms with van der Waals surface area (Å²) in [5.74, 6) is 0.716. The van der Waals surface area contributed by atoms with Crippen LogP contribution in [0.5, 0.6) is 0 Å². The number of nitrogens with zero attached hydrogens (tertiary/aromatic N) is 2. The zero-order valence-corrected chi connectivity index (χ0v) is 11.5. The topological polar surface area (TPSA) is 32.8 Å². The highest BCUT2D eigenvalue weighted by atomic mass is 16.5. The molecule has 3 aliphatic rings. The van der Waals surface area contributed by atoms with Gasteiger partial charge in [-0.3, -0.25) is 0 Å². The Morgan fingerprint density at radius 2 is 2.22 bits per heavy atom.